The Kier molecular flexibility index (Phi) is 15.7. The third-order valence-electron chi connectivity index (χ3n) is 6.18. The molecule has 2 atom stereocenters. The molecule has 0 amide bonds. The third-order valence-corrected chi connectivity index (χ3v) is 7.96. The van der Waals surface area contributed by atoms with Gasteiger partial charge >= 0.3 is 0 Å². The van der Waals surface area contributed by atoms with Gasteiger partial charge in [0.05, 0.1) is 12.2 Å². The van der Waals surface area contributed by atoms with Gasteiger partial charge in [-0.05, 0) is 48.2 Å². The van der Waals surface area contributed by atoms with Crippen molar-refractivity contribution in [2.75, 3.05) is 0 Å². The van der Waals surface area contributed by atoms with Crippen LogP contribution in [0.3, 0.4) is 0 Å². The Bertz CT molecular complexity index is 821. The Morgan fingerprint density at radius 3 is 1.06 bits per heavy atom. The van der Waals surface area contributed by atoms with Crippen molar-refractivity contribution in [3.05, 3.63) is 65.5 Å². The molecule has 0 aliphatic rings. The topological polar surface area (TPSA) is 58.9 Å². The maximum absolute atomic E-state index is 9.27. The van der Waals surface area contributed by atoms with Crippen LogP contribution in [0.25, 0.3) is 0 Å². The molecule has 2 N–H and O–H groups in total. The molecule has 0 heterocycles. The van der Waals surface area contributed by atoms with E-state index in [0.29, 0.717) is 43.0 Å². The van der Waals surface area contributed by atoms with Crippen LogP contribution in [0.4, 0.5) is 0 Å². The van der Waals surface area contributed by atoms with Gasteiger partial charge < -0.3 is 0 Å². The fourth-order valence-electron chi connectivity index (χ4n) is 4.18. The number of hydrogen-bond donors (Lipinski definition) is 2. The molecule has 0 saturated carbocycles. The Hall–Kier alpha value is 0.0200. The lowest BCUT2D eigenvalue weighted by atomic mass is 10.00. The van der Waals surface area contributed by atoms with E-state index in [1.807, 2.05) is 0 Å². The van der Waals surface area contributed by atoms with Gasteiger partial charge in [0.25, 0.3) is 0 Å². The first-order valence-corrected chi connectivity index (χ1v) is 14.4. The van der Waals surface area contributed by atoms with E-state index in [0.717, 1.165) is 75.3 Å². The van der Waals surface area contributed by atoms with Gasteiger partial charge in [0, 0.05) is 43.0 Å². The first-order chi connectivity index (χ1) is 17.2. The van der Waals surface area contributed by atoms with Gasteiger partial charge in [0.1, 0.15) is 0 Å². The summed E-state index contributed by atoms with van der Waals surface area (Å²) in [7, 11) is 0. The quantitative estimate of drug-likeness (QED) is 0.105. The SMILES string of the molecule is OOC(CCCCCCCCCCC(Cc1c(Cl)cc(Cl)cc1Cl)OO)Cc1c(Cl)cc(Cl)cc1Cl. The van der Waals surface area contributed by atoms with Gasteiger partial charge in [0.2, 0.25) is 0 Å². The van der Waals surface area contributed by atoms with Gasteiger partial charge in [0.15, 0.2) is 0 Å². The molecule has 0 aliphatic heterocycles. The second-order valence-corrected chi connectivity index (χ2v) is 11.5. The molecule has 0 aliphatic carbocycles. The molecule has 2 unspecified atom stereocenters. The van der Waals surface area contributed by atoms with E-state index in [1.165, 1.54) is 0 Å². The highest BCUT2D eigenvalue weighted by molar-refractivity contribution is 6.40. The number of unbranched alkanes of at least 4 members (excludes halogenated alkanes) is 7. The zero-order valence-electron chi connectivity index (χ0n) is 19.9. The summed E-state index contributed by atoms with van der Waals surface area (Å²) in [5.74, 6) is 0. The summed E-state index contributed by atoms with van der Waals surface area (Å²) in [6.45, 7) is 0. The molecular weight excluding hydrogens is 589 g/mol. The van der Waals surface area contributed by atoms with Crippen LogP contribution < -0.4 is 0 Å². The Morgan fingerprint density at radius 1 is 0.500 bits per heavy atom. The van der Waals surface area contributed by atoms with Crippen molar-refractivity contribution in [2.45, 2.75) is 89.3 Å². The van der Waals surface area contributed by atoms with Crippen LogP contribution in [0.2, 0.25) is 30.1 Å². The average molecular weight is 621 g/mol. The van der Waals surface area contributed by atoms with Gasteiger partial charge in [-0.25, -0.2) is 9.78 Å². The summed E-state index contributed by atoms with van der Waals surface area (Å²) in [5, 5.41) is 21.4. The molecule has 202 valence electrons. The molecule has 0 aromatic heterocycles. The summed E-state index contributed by atoms with van der Waals surface area (Å²) in [6.07, 6.45) is 10.1. The molecule has 36 heavy (non-hydrogen) atoms. The van der Waals surface area contributed by atoms with Crippen LogP contribution in [-0.2, 0) is 22.6 Å². The molecule has 2 aromatic rings. The highest BCUT2D eigenvalue weighted by atomic mass is 35.5. The van der Waals surface area contributed by atoms with Crippen molar-refractivity contribution >= 4 is 69.6 Å². The second-order valence-electron chi connectivity index (χ2n) is 8.96. The van der Waals surface area contributed by atoms with Crippen molar-refractivity contribution in [1.29, 1.82) is 0 Å². The van der Waals surface area contributed by atoms with Crippen LogP contribution in [0, 0.1) is 0 Å². The molecular formula is C26H32Cl6O4. The molecule has 2 aromatic carbocycles. The zero-order chi connectivity index (χ0) is 26.5. The number of halogens is 6. The minimum Gasteiger partial charge on any atom is -0.252 e. The van der Waals surface area contributed by atoms with E-state index >= 15 is 0 Å². The largest absolute Gasteiger partial charge is 0.252 e. The van der Waals surface area contributed by atoms with Crippen molar-refractivity contribution in [1.82, 2.24) is 0 Å². The van der Waals surface area contributed by atoms with Crippen molar-refractivity contribution in [3.8, 4) is 0 Å². The minimum absolute atomic E-state index is 0.361. The minimum atomic E-state index is -0.361. The first kappa shape index (κ1) is 32.2. The van der Waals surface area contributed by atoms with Crippen LogP contribution in [-0.4, -0.2) is 22.7 Å². The summed E-state index contributed by atoms with van der Waals surface area (Å²) in [5.41, 5.74) is 1.46. The van der Waals surface area contributed by atoms with Crippen LogP contribution in [0.15, 0.2) is 24.3 Å². The molecule has 0 spiro atoms. The highest BCUT2D eigenvalue weighted by Gasteiger charge is 2.17. The van der Waals surface area contributed by atoms with E-state index in [4.69, 9.17) is 69.6 Å². The van der Waals surface area contributed by atoms with Crippen LogP contribution in [0.1, 0.15) is 75.3 Å². The van der Waals surface area contributed by atoms with E-state index in [9.17, 15) is 10.5 Å². The van der Waals surface area contributed by atoms with E-state index in [-0.39, 0.29) is 12.2 Å². The first-order valence-electron chi connectivity index (χ1n) is 12.1. The number of benzene rings is 2. The number of rotatable bonds is 17. The lowest BCUT2D eigenvalue weighted by Crippen LogP contribution is -2.15. The summed E-state index contributed by atoms with van der Waals surface area (Å²) >= 11 is 36.8. The van der Waals surface area contributed by atoms with Crippen molar-refractivity contribution < 1.29 is 20.3 Å². The molecule has 2 rings (SSSR count). The Labute approximate surface area is 243 Å². The zero-order valence-corrected chi connectivity index (χ0v) is 24.5. The monoisotopic (exact) mass is 618 g/mol. The van der Waals surface area contributed by atoms with Gasteiger partial charge in [-0.3, -0.25) is 10.5 Å². The van der Waals surface area contributed by atoms with Crippen molar-refractivity contribution in [3.63, 3.8) is 0 Å². The predicted molar refractivity (Wildman–Crippen MR) is 152 cm³/mol. The molecule has 4 nitrogen and oxygen atoms in total. The Morgan fingerprint density at radius 2 is 0.778 bits per heavy atom. The standard InChI is InChI=1S/C26H32Cl6O4/c27-17-11-23(29)21(24(30)12-17)15-19(35-33)9-7-5-3-1-2-4-6-8-10-20(36-34)16-22-25(31)13-18(28)14-26(22)32/h11-14,19-20,33-34H,1-10,15-16H2. The van der Waals surface area contributed by atoms with E-state index < -0.39 is 0 Å². The maximum Gasteiger partial charge on any atom is 0.0968 e. The fraction of sp³-hybridized carbons (Fsp3) is 0.538. The van der Waals surface area contributed by atoms with Gasteiger partial charge in [-0.15, -0.1) is 0 Å². The van der Waals surface area contributed by atoms with Gasteiger partial charge in [-0.1, -0.05) is 121 Å². The normalized spacial score (nSPS) is 13.2. The summed E-state index contributed by atoms with van der Waals surface area (Å²) < 4.78 is 0. The molecule has 0 bridgehead atoms. The van der Waals surface area contributed by atoms with Crippen LogP contribution >= 0.6 is 69.6 Å². The summed E-state index contributed by atoms with van der Waals surface area (Å²) in [4.78, 5) is 9.30. The van der Waals surface area contributed by atoms with Gasteiger partial charge in [-0.2, -0.15) is 0 Å². The average Bonchev–Trinajstić information content (AvgIpc) is 2.81. The maximum atomic E-state index is 9.27. The fourth-order valence-corrected chi connectivity index (χ4v) is 6.12. The van der Waals surface area contributed by atoms with E-state index in [2.05, 4.69) is 9.78 Å². The lowest BCUT2D eigenvalue weighted by molar-refractivity contribution is -0.279. The highest BCUT2D eigenvalue weighted by Crippen LogP contribution is 2.32. The van der Waals surface area contributed by atoms with Crippen LogP contribution in [0.5, 0.6) is 0 Å². The smallest absolute Gasteiger partial charge is 0.0968 e. The molecule has 10 heteroatoms. The molecule has 0 radical (unpaired) electrons. The third kappa shape index (κ3) is 11.4. The Balaban J connectivity index is 1.56. The molecule has 0 fully saturated rings. The van der Waals surface area contributed by atoms with E-state index in [1.54, 1.807) is 24.3 Å². The molecule has 0 saturated heterocycles. The lowest BCUT2D eigenvalue weighted by Gasteiger charge is -2.16. The predicted octanol–water partition coefficient (Wildman–Crippen LogP) is 11.0. The second kappa shape index (κ2) is 17.6. The van der Waals surface area contributed by atoms with Crippen molar-refractivity contribution in [2.24, 2.45) is 0 Å². The summed E-state index contributed by atoms with van der Waals surface area (Å²) in [6, 6.07) is 6.56. The number of hydrogen-bond acceptors (Lipinski definition) is 4.